The van der Waals surface area contributed by atoms with E-state index in [9.17, 15) is 0 Å². The number of fused-ring (bicyclic) bond motifs is 1. The third kappa shape index (κ3) is 4.30. The molecule has 0 aliphatic carbocycles. The van der Waals surface area contributed by atoms with Gasteiger partial charge in [0.25, 0.3) is 5.79 Å². The molecule has 2 fully saturated rings. The van der Waals surface area contributed by atoms with Crippen LogP contribution in [0.25, 0.3) is 0 Å². The number of nitrogens with zero attached hydrogens (tertiary/aromatic N) is 1. The number of para-hydroxylation sites is 2. The number of rotatable bonds is 8. The minimum Gasteiger partial charge on any atom is -0.491 e. The van der Waals surface area contributed by atoms with Gasteiger partial charge in [-0.1, -0.05) is 45.0 Å². The first kappa shape index (κ1) is 24.4. The van der Waals surface area contributed by atoms with Gasteiger partial charge in [-0.05, 0) is 63.4 Å². The maximum Gasteiger partial charge on any atom is 0.257 e. The van der Waals surface area contributed by atoms with E-state index in [-0.39, 0.29) is 29.2 Å². The van der Waals surface area contributed by atoms with E-state index in [1.54, 1.807) is 0 Å². The van der Waals surface area contributed by atoms with E-state index in [1.807, 2.05) is 36.4 Å². The smallest absolute Gasteiger partial charge is 0.257 e. The van der Waals surface area contributed by atoms with Crippen LogP contribution in [-0.2, 0) is 9.57 Å². The zero-order chi connectivity index (χ0) is 24.8. The zero-order valence-electron chi connectivity index (χ0n) is 21.9. The summed E-state index contributed by atoms with van der Waals surface area (Å²) in [4.78, 5) is 6.85. The molecular formula is C29H39NO5. The number of ether oxygens (including phenoxy) is 4. The second-order valence-electron chi connectivity index (χ2n) is 10.8. The van der Waals surface area contributed by atoms with E-state index >= 15 is 0 Å². The van der Waals surface area contributed by atoms with Crippen LogP contribution in [0.4, 0.5) is 0 Å². The number of piperidine rings is 1. The summed E-state index contributed by atoms with van der Waals surface area (Å²) in [7, 11) is 0. The van der Waals surface area contributed by atoms with Crippen LogP contribution >= 0.6 is 0 Å². The Bertz CT molecular complexity index is 1010. The molecule has 2 aromatic carbocycles. The first-order chi connectivity index (χ1) is 16.7. The molecule has 5 unspecified atom stereocenters. The lowest BCUT2D eigenvalue weighted by atomic mass is 9.67. The number of epoxide rings is 1. The topological polar surface area (TPSA) is 52.7 Å². The Balaban J connectivity index is 1.38. The van der Waals surface area contributed by atoms with Crippen LogP contribution < -0.4 is 14.2 Å². The molecule has 2 saturated heterocycles. The van der Waals surface area contributed by atoms with Gasteiger partial charge in [-0.25, -0.2) is 0 Å². The predicted molar refractivity (Wildman–Crippen MR) is 135 cm³/mol. The summed E-state index contributed by atoms with van der Waals surface area (Å²) in [6.07, 6.45) is 2.65. The zero-order valence-corrected chi connectivity index (χ0v) is 21.9. The van der Waals surface area contributed by atoms with Crippen molar-refractivity contribution in [2.24, 2.45) is 5.92 Å². The van der Waals surface area contributed by atoms with Crippen molar-refractivity contribution in [3.8, 4) is 17.2 Å². The van der Waals surface area contributed by atoms with Gasteiger partial charge in [0.15, 0.2) is 11.5 Å². The molecule has 5 atom stereocenters. The van der Waals surface area contributed by atoms with Gasteiger partial charge in [-0.15, -0.1) is 0 Å². The van der Waals surface area contributed by atoms with Crippen molar-refractivity contribution in [2.45, 2.75) is 89.9 Å². The first-order valence-electron chi connectivity index (χ1n) is 13.0. The standard InChI is InChI=1S/C29H39NO5/c1-7-27(5)19-29(33-25-11-9-10-12-26(25)34-29)21(4)28(6,8-2)30(27)35-20(3)22-13-15-23(16-14-22)31-17-24-18-32-24/h9-16,20-21,24H,7-8,17-19H2,1-6H3. The van der Waals surface area contributed by atoms with Crippen molar-refractivity contribution in [2.75, 3.05) is 13.2 Å². The summed E-state index contributed by atoms with van der Waals surface area (Å²) in [5, 5.41) is 2.27. The molecule has 3 heterocycles. The molecule has 0 N–H and O–H groups in total. The average molecular weight is 482 g/mol. The van der Waals surface area contributed by atoms with E-state index in [2.05, 4.69) is 58.7 Å². The second kappa shape index (κ2) is 8.99. The molecular weight excluding hydrogens is 442 g/mol. The van der Waals surface area contributed by atoms with Crippen molar-refractivity contribution in [3.63, 3.8) is 0 Å². The van der Waals surface area contributed by atoms with Crippen LogP contribution in [0.1, 0.15) is 72.5 Å². The third-order valence-corrected chi connectivity index (χ3v) is 8.52. The Kier molecular flexibility index (Phi) is 6.27. The summed E-state index contributed by atoms with van der Waals surface area (Å²) < 4.78 is 24.3. The lowest BCUT2D eigenvalue weighted by Gasteiger charge is -2.61. The summed E-state index contributed by atoms with van der Waals surface area (Å²) in [5.74, 6) is 1.87. The highest BCUT2D eigenvalue weighted by Crippen LogP contribution is 2.56. The van der Waals surface area contributed by atoms with E-state index in [1.165, 1.54) is 0 Å². The summed E-state index contributed by atoms with van der Waals surface area (Å²) >= 11 is 0. The fourth-order valence-corrected chi connectivity index (χ4v) is 5.66. The minimum atomic E-state index is -0.716. The summed E-state index contributed by atoms with van der Waals surface area (Å²) in [6, 6.07) is 16.2. The van der Waals surface area contributed by atoms with Gasteiger partial charge < -0.3 is 18.9 Å². The number of hydroxylamine groups is 2. The highest BCUT2D eigenvalue weighted by molar-refractivity contribution is 5.43. The quantitative estimate of drug-likeness (QED) is 0.412. The fraction of sp³-hybridized carbons (Fsp3) is 0.586. The Hall–Kier alpha value is -2.28. The molecule has 6 heteroatoms. The van der Waals surface area contributed by atoms with Crippen molar-refractivity contribution in [1.29, 1.82) is 0 Å². The van der Waals surface area contributed by atoms with Gasteiger partial charge in [0.2, 0.25) is 0 Å². The maximum absolute atomic E-state index is 6.85. The van der Waals surface area contributed by atoms with Gasteiger partial charge in [0, 0.05) is 6.42 Å². The molecule has 2 aromatic rings. The molecule has 5 rings (SSSR count). The lowest BCUT2D eigenvalue weighted by Crippen LogP contribution is -2.73. The average Bonchev–Trinajstić information content (AvgIpc) is 3.63. The Morgan fingerprint density at radius 2 is 1.63 bits per heavy atom. The van der Waals surface area contributed by atoms with Crippen molar-refractivity contribution in [1.82, 2.24) is 5.06 Å². The highest BCUT2D eigenvalue weighted by Gasteiger charge is 2.65. The summed E-state index contributed by atoms with van der Waals surface area (Å²) in [5.41, 5.74) is 0.540. The van der Waals surface area contributed by atoms with Gasteiger partial charge in [0.05, 0.1) is 23.6 Å². The van der Waals surface area contributed by atoms with Gasteiger partial charge >= 0.3 is 0 Å². The second-order valence-corrected chi connectivity index (χ2v) is 10.8. The van der Waals surface area contributed by atoms with E-state index < -0.39 is 5.79 Å². The Morgan fingerprint density at radius 1 is 1.00 bits per heavy atom. The fourth-order valence-electron chi connectivity index (χ4n) is 5.66. The molecule has 0 saturated carbocycles. The summed E-state index contributed by atoms with van der Waals surface area (Å²) in [6.45, 7) is 14.8. The van der Waals surface area contributed by atoms with Crippen molar-refractivity contribution in [3.05, 3.63) is 54.1 Å². The van der Waals surface area contributed by atoms with Crippen LogP contribution in [0.2, 0.25) is 0 Å². The van der Waals surface area contributed by atoms with Gasteiger partial charge in [-0.2, -0.15) is 5.06 Å². The molecule has 0 amide bonds. The molecule has 3 aliphatic rings. The maximum atomic E-state index is 6.85. The SMILES string of the molecule is CCC1(C)CC2(Oc3ccccc3O2)C(C)C(C)(CC)N1OC(C)c1ccc(OCC2CO2)cc1. The van der Waals surface area contributed by atoms with Crippen LogP contribution in [0.15, 0.2) is 48.5 Å². The van der Waals surface area contributed by atoms with Gasteiger partial charge in [0.1, 0.15) is 24.6 Å². The molecule has 6 nitrogen and oxygen atoms in total. The minimum absolute atomic E-state index is 0.0691. The monoisotopic (exact) mass is 481 g/mol. The van der Waals surface area contributed by atoms with Crippen molar-refractivity contribution >= 4 is 0 Å². The van der Waals surface area contributed by atoms with E-state index in [0.29, 0.717) is 13.0 Å². The molecule has 0 bridgehead atoms. The Labute approximate surface area is 209 Å². The number of benzene rings is 2. The van der Waals surface area contributed by atoms with E-state index in [4.69, 9.17) is 23.8 Å². The highest BCUT2D eigenvalue weighted by atomic mass is 16.7. The van der Waals surface area contributed by atoms with E-state index in [0.717, 1.165) is 42.3 Å². The number of hydrogen-bond acceptors (Lipinski definition) is 6. The molecule has 1 spiro atoms. The molecule has 0 aromatic heterocycles. The molecule has 35 heavy (non-hydrogen) atoms. The van der Waals surface area contributed by atoms with Gasteiger partial charge in [-0.3, -0.25) is 4.84 Å². The lowest BCUT2D eigenvalue weighted by molar-refractivity contribution is -0.365. The number of hydrogen-bond donors (Lipinski definition) is 0. The molecule has 3 aliphatic heterocycles. The largest absolute Gasteiger partial charge is 0.491 e. The van der Waals surface area contributed by atoms with Crippen LogP contribution in [0.5, 0.6) is 17.2 Å². The van der Waals surface area contributed by atoms with Crippen LogP contribution in [-0.4, -0.2) is 41.2 Å². The Morgan fingerprint density at radius 3 is 2.17 bits per heavy atom. The van der Waals surface area contributed by atoms with Crippen LogP contribution in [0, 0.1) is 5.92 Å². The van der Waals surface area contributed by atoms with Crippen molar-refractivity contribution < 1.29 is 23.8 Å². The molecule has 0 radical (unpaired) electrons. The third-order valence-electron chi connectivity index (χ3n) is 8.52. The normalized spacial score (nSPS) is 31.9. The molecule has 190 valence electrons. The first-order valence-corrected chi connectivity index (χ1v) is 13.0. The predicted octanol–water partition coefficient (Wildman–Crippen LogP) is 6.30. The van der Waals surface area contributed by atoms with Crippen LogP contribution in [0.3, 0.4) is 0 Å².